The highest BCUT2D eigenvalue weighted by molar-refractivity contribution is 5.58. The van der Waals surface area contributed by atoms with Crippen molar-refractivity contribution in [2.24, 2.45) is 7.05 Å². The number of aromatic amines is 1. The number of aryl methyl sites for hydroxylation is 3. The van der Waals surface area contributed by atoms with E-state index >= 15 is 0 Å². The Morgan fingerprint density at radius 2 is 2.00 bits per heavy atom. The van der Waals surface area contributed by atoms with Crippen molar-refractivity contribution in [3.63, 3.8) is 0 Å². The van der Waals surface area contributed by atoms with Crippen LogP contribution in [0, 0.1) is 20.8 Å². The van der Waals surface area contributed by atoms with Gasteiger partial charge < -0.3 is 4.57 Å². The first-order valence-electron chi connectivity index (χ1n) is 5.07. The van der Waals surface area contributed by atoms with Crippen LogP contribution < -0.4 is 5.56 Å². The van der Waals surface area contributed by atoms with Crippen LogP contribution in [0.1, 0.15) is 17.1 Å². The van der Waals surface area contributed by atoms with E-state index in [9.17, 15) is 4.79 Å². The van der Waals surface area contributed by atoms with Crippen LogP contribution in [0.25, 0.3) is 11.4 Å². The summed E-state index contributed by atoms with van der Waals surface area (Å²) in [5.74, 6) is 1.17. The molecule has 0 amide bonds. The summed E-state index contributed by atoms with van der Waals surface area (Å²) in [6.45, 7) is 5.61. The van der Waals surface area contributed by atoms with E-state index in [1.54, 1.807) is 11.6 Å². The van der Waals surface area contributed by atoms with Gasteiger partial charge in [0.25, 0.3) is 5.56 Å². The Hall–Kier alpha value is -1.91. The van der Waals surface area contributed by atoms with Crippen molar-refractivity contribution in [3.8, 4) is 11.4 Å². The molecule has 2 rings (SSSR count). The molecule has 0 spiro atoms. The van der Waals surface area contributed by atoms with Crippen LogP contribution in [0.2, 0.25) is 0 Å². The first-order chi connectivity index (χ1) is 7.50. The van der Waals surface area contributed by atoms with Crippen molar-refractivity contribution < 1.29 is 0 Å². The molecule has 0 bridgehead atoms. The van der Waals surface area contributed by atoms with Crippen molar-refractivity contribution in [1.82, 2.24) is 19.7 Å². The zero-order valence-electron chi connectivity index (χ0n) is 9.83. The molecular formula is C11H14N4O. The van der Waals surface area contributed by atoms with Crippen LogP contribution in [-0.4, -0.2) is 19.7 Å². The molecule has 0 fully saturated rings. The molecule has 5 nitrogen and oxygen atoms in total. The second-order valence-corrected chi connectivity index (χ2v) is 3.95. The summed E-state index contributed by atoms with van der Waals surface area (Å²) >= 11 is 0. The van der Waals surface area contributed by atoms with Gasteiger partial charge in [0.05, 0.1) is 5.56 Å². The van der Waals surface area contributed by atoms with Crippen molar-refractivity contribution in [2.45, 2.75) is 20.8 Å². The van der Waals surface area contributed by atoms with Crippen LogP contribution in [-0.2, 0) is 7.05 Å². The maximum Gasteiger partial charge on any atom is 0.261 e. The summed E-state index contributed by atoms with van der Waals surface area (Å²) in [4.78, 5) is 16.3. The fourth-order valence-corrected chi connectivity index (χ4v) is 1.71. The van der Waals surface area contributed by atoms with E-state index in [-0.39, 0.29) is 5.56 Å². The van der Waals surface area contributed by atoms with E-state index < -0.39 is 0 Å². The van der Waals surface area contributed by atoms with Crippen molar-refractivity contribution in [1.29, 1.82) is 0 Å². The Bertz CT molecular complexity index is 595. The molecule has 0 aliphatic rings. The monoisotopic (exact) mass is 218 g/mol. The smallest absolute Gasteiger partial charge is 0.261 e. The predicted molar refractivity (Wildman–Crippen MR) is 61.3 cm³/mol. The van der Waals surface area contributed by atoms with E-state index in [2.05, 4.69) is 15.2 Å². The molecule has 16 heavy (non-hydrogen) atoms. The molecule has 0 saturated heterocycles. The van der Waals surface area contributed by atoms with Crippen molar-refractivity contribution >= 4 is 0 Å². The van der Waals surface area contributed by atoms with Gasteiger partial charge in [0.15, 0.2) is 5.82 Å². The minimum Gasteiger partial charge on any atom is -0.315 e. The number of pyridine rings is 1. The van der Waals surface area contributed by atoms with E-state index in [1.807, 2.05) is 26.8 Å². The Kier molecular flexibility index (Phi) is 2.38. The Morgan fingerprint density at radius 3 is 2.56 bits per heavy atom. The van der Waals surface area contributed by atoms with Gasteiger partial charge in [0.1, 0.15) is 5.82 Å². The first kappa shape index (κ1) is 10.6. The molecule has 2 aromatic heterocycles. The number of aromatic nitrogens is 4. The molecular weight excluding hydrogens is 204 g/mol. The van der Waals surface area contributed by atoms with Gasteiger partial charge in [-0.05, 0) is 32.4 Å². The van der Waals surface area contributed by atoms with E-state index in [0.717, 1.165) is 11.3 Å². The normalized spacial score (nSPS) is 10.8. The zero-order chi connectivity index (χ0) is 11.9. The topological polar surface area (TPSA) is 63.6 Å². The third-order valence-corrected chi connectivity index (χ3v) is 2.69. The minimum absolute atomic E-state index is 0.0588. The highest BCUT2D eigenvalue weighted by Crippen LogP contribution is 2.15. The Morgan fingerprint density at radius 1 is 1.31 bits per heavy atom. The second-order valence-electron chi connectivity index (χ2n) is 3.95. The Balaban J connectivity index is 2.75. The van der Waals surface area contributed by atoms with E-state index in [4.69, 9.17) is 0 Å². The number of hydrogen-bond donors (Lipinski definition) is 1. The lowest BCUT2D eigenvalue weighted by atomic mass is 10.1. The second kappa shape index (κ2) is 3.59. The lowest BCUT2D eigenvalue weighted by Gasteiger charge is -2.07. The maximum atomic E-state index is 12.1. The lowest BCUT2D eigenvalue weighted by molar-refractivity contribution is 0.815. The quantitative estimate of drug-likeness (QED) is 0.779. The summed E-state index contributed by atoms with van der Waals surface area (Å²) in [5.41, 5.74) is 2.34. The SMILES string of the molecule is Cc1nc(-c2c(C)cc(C)n(C)c2=O)n[nH]1. The minimum atomic E-state index is -0.0588. The van der Waals surface area contributed by atoms with Crippen LogP contribution in [0.5, 0.6) is 0 Å². The van der Waals surface area contributed by atoms with Gasteiger partial charge in [-0.15, -0.1) is 0 Å². The third kappa shape index (κ3) is 1.54. The molecule has 2 heterocycles. The van der Waals surface area contributed by atoms with E-state index in [0.29, 0.717) is 17.2 Å². The molecule has 0 radical (unpaired) electrons. The average molecular weight is 218 g/mol. The van der Waals surface area contributed by atoms with Gasteiger partial charge in [0, 0.05) is 12.7 Å². The van der Waals surface area contributed by atoms with Crippen molar-refractivity contribution in [2.75, 3.05) is 0 Å². The number of hydrogen-bond acceptors (Lipinski definition) is 3. The van der Waals surface area contributed by atoms with Gasteiger partial charge in [-0.3, -0.25) is 9.89 Å². The molecule has 5 heteroatoms. The van der Waals surface area contributed by atoms with Gasteiger partial charge in [0.2, 0.25) is 0 Å². The fraction of sp³-hybridized carbons (Fsp3) is 0.364. The molecule has 0 atom stereocenters. The summed E-state index contributed by atoms with van der Waals surface area (Å²) < 4.78 is 1.61. The summed E-state index contributed by atoms with van der Waals surface area (Å²) in [7, 11) is 1.75. The molecule has 0 aliphatic heterocycles. The van der Waals surface area contributed by atoms with Crippen LogP contribution >= 0.6 is 0 Å². The largest absolute Gasteiger partial charge is 0.315 e. The average Bonchev–Trinajstić information content (AvgIpc) is 2.61. The van der Waals surface area contributed by atoms with E-state index in [1.165, 1.54) is 0 Å². The number of rotatable bonds is 1. The maximum absolute atomic E-state index is 12.1. The molecule has 1 N–H and O–H groups in total. The van der Waals surface area contributed by atoms with Gasteiger partial charge >= 0.3 is 0 Å². The lowest BCUT2D eigenvalue weighted by Crippen LogP contribution is -2.22. The molecule has 0 aromatic carbocycles. The molecule has 0 unspecified atom stereocenters. The molecule has 0 aliphatic carbocycles. The standard InChI is InChI=1S/C11H14N4O/c1-6-5-7(2)15(4)11(16)9(6)10-12-8(3)13-14-10/h5H,1-4H3,(H,12,13,14). The van der Waals surface area contributed by atoms with Crippen LogP contribution in [0.4, 0.5) is 0 Å². The molecule has 84 valence electrons. The van der Waals surface area contributed by atoms with Crippen molar-refractivity contribution in [3.05, 3.63) is 33.5 Å². The van der Waals surface area contributed by atoms with Gasteiger partial charge in [-0.1, -0.05) is 0 Å². The predicted octanol–water partition coefficient (Wildman–Crippen LogP) is 1.10. The summed E-state index contributed by atoms with van der Waals surface area (Å²) in [5, 5.41) is 6.78. The summed E-state index contributed by atoms with van der Waals surface area (Å²) in [6, 6.07) is 1.96. The molecule has 2 aromatic rings. The molecule has 0 saturated carbocycles. The van der Waals surface area contributed by atoms with Gasteiger partial charge in [-0.25, -0.2) is 4.98 Å². The number of nitrogens with one attached hydrogen (secondary N) is 1. The summed E-state index contributed by atoms with van der Waals surface area (Å²) in [6.07, 6.45) is 0. The highest BCUT2D eigenvalue weighted by atomic mass is 16.1. The number of nitrogens with zero attached hydrogens (tertiary/aromatic N) is 3. The fourth-order valence-electron chi connectivity index (χ4n) is 1.71. The zero-order valence-corrected chi connectivity index (χ0v) is 9.83. The van der Waals surface area contributed by atoms with Crippen LogP contribution in [0.15, 0.2) is 10.9 Å². The highest BCUT2D eigenvalue weighted by Gasteiger charge is 2.14. The van der Waals surface area contributed by atoms with Gasteiger partial charge in [-0.2, -0.15) is 5.10 Å². The first-order valence-corrected chi connectivity index (χ1v) is 5.07. The van der Waals surface area contributed by atoms with Crippen LogP contribution in [0.3, 0.4) is 0 Å². The Labute approximate surface area is 93.2 Å². The third-order valence-electron chi connectivity index (χ3n) is 2.69. The number of H-pyrrole nitrogens is 1.